The molecule has 0 radical (unpaired) electrons. The first-order valence-electron chi connectivity index (χ1n) is 6.75. The lowest BCUT2D eigenvalue weighted by molar-refractivity contribution is -0.394. The van der Waals surface area contributed by atoms with Crippen LogP contribution in [-0.2, 0) is 11.2 Å². The van der Waals surface area contributed by atoms with E-state index in [0.717, 1.165) is 36.4 Å². The van der Waals surface area contributed by atoms with Gasteiger partial charge in [-0.1, -0.05) is 11.6 Å². The number of nitro groups is 3. The summed E-state index contributed by atoms with van der Waals surface area (Å²) in [5, 5.41) is 32.2. The summed E-state index contributed by atoms with van der Waals surface area (Å²) < 4.78 is 4.95. The molecule has 0 bridgehead atoms. The van der Waals surface area contributed by atoms with Gasteiger partial charge in [-0.25, -0.2) is 0 Å². The second-order valence-electron chi connectivity index (χ2n) is 4.85. The van der Waals surface area contributed by atoms with Crippen molar-refractivity contribution in [2.75, 3.05) is 0 Å². The second-order valence-corrected chi connectivity index (χ2v) is 5.26. The molecule has 2 aromatic carbocycles. The Morgan fingerprint density at radius 2 is 1.50 bits per heavy atom. The van der Waals surface area contributed by atoms with Crippen molar-refractivity contribution < 1.29 is 24.3 Å². The van der Waals surface area contributed by atoms with E-state index in [1.807, 2.05) is 0 Å². The van der Waals surface area contributed by atoms with E-state index in [0.29, 0.717) is 0 Å². The number of nitrogens with zero attached hydrogens (tertiary/aromatic N) is 3. The number of rotatable bonds is 6. The number of carbonyl (C=O) groups is 1. The topological polar surface area (TPSA) is 156 Å². The lowest BCUT2D eigenvalue weighted by atomic mass is 10.1. The Morgan fingerprint density at radius 1 is 0.923 bits per heavy atom. The first kappa shape index (κ1) is 18.7. The van der Waals surface area contributed by atoms with Crippen LogP contribution in [0.15, 0.2) is 36.4 Å². The Morgan fingerprint density at radius 3 is 2.04 bits per heavy atom. The van der Waals surface area contributed by atoms with E-state index in [1.165, 1.54) is 0 Å². The zero-order chi connectivity index (χ0) is 19.4. The molecule has 0 heterocycles. The van der Waals surface area contributed by atoms with Crippen LogP contribution in [0.25, 0.3) is 0 Å². The van der Waals surface area contributed by atoms with Crippen LogP contribution in [0, 0.1) is 30.3 Å². The molecule has 0 aliphatic rings. The summed E-state index contributed by atoms with van der Waals surface area (Å²) in [5.74, 6) is -1.09. The predicted octanol–water partition coefficient (Wildman–Crippen LogP) is 3.21. The Kier molecular flexibility index (Phi) is 5.42. The van der Waals surface area contributed by atoms with E-state index in [4.69, 9.17) is 16.3 Å². The smallest absolute Gasteiger partial charge is 0.315 e. The van der Waals surface area contributed by atoms with Crippen molar-refractivity contribution in [1.82, 2.24) is 0 Å². The lowest BCUT2D eigenvalue weighted by Gasteiger charge is -2.06. The number of hydrogen-bond acceptors (Lipinski definition) is 8. The number of esters is 1. The monoisotopic (exact) mass is 381 g/mol. The van der Waals surface area contributed by atoms with Gasteiger partial charge in [0.2, 0.25) is 0 Å². The van der Waals surface area contributed by atoms with Crippen LogP contribution in [0.3, 0.4) is 0 Å². The lowest BCUT2D eigenvalue weighted by Crippen LogP contribution is -2.13. The first-order valence-corrected chi connectivity index (χ1v) is 7.13. The summed E-state index contributed by atoms with van der Waals surface area (Å²) in [7, 11) is 0. The molecule has 0 amide bonds. The highest BCUT2D eigenvalue weighted by Gasteiger charge is 2.22. The van der Waals surface area contributed by atoms with Gasteiger partial charge < -0.3 is 4.74 Å². The third kappa shape index (κ3) is 4.27. The molecule has 0 aliphatic heterocycles. The Labute approximate surface area is 149 Å². The SMILES string of the molecule is O=C(Cc1ccc([N+](=O)[O-])cc1[N+](=O)[O-])Oc1ccc([N+](=O)[O-])cc1Cl. The van der Waals surface area contributed by atoms with Crippen molar-refractivity contribution >= 4 is 34.6 Å². The fourth-order valence-electron chi connectivity index (χ4n) is 1.99. The summed E-state index contributed by atoms with van der Waals surface area (Å²) in [5.41, 5.74) is -1.50. The highest BCUT2D eigenvalue weighted by atomic mass is 35.5. The molecule has 0 saturated heterocycles. The third-order valence-electron chi connectivity index (χ3n) is 3.16. The summed E-state index contributed by atoms with van der Waals surface area (Å²) in [6.07, 6.45) is -0.554. The largest absolute Gasteiger partial charge is 0.425 e. The highest BCUT2D eigenvalue weighted by molar-refractivity contribution is 6.32. The first-order chi connectivity index (χ1) is 12.2. The van der Waals surface area contributed by atoms with Gasteiger partial charge >= 0.3 is 5.97 Å². The van der Waals surface area contributed by atoms with Gasteiger partial charge in [0.05, 0.1) is 32.3 Å². The molecule has 11 nitrogen and oxygen atoms in total. The minimum Gasteiger partial charge on any atom is -0.425 e. The maximum absolute atomic E-state index is 12.0. The van der Waals surface area contributed by atoms with Crippen molar-refractivity contribution in [3.8, 4) is 5.75 Å². The van der Waals surface area contributed by atoms with Crippen molar-refractivity contribution in [1.29, 1.82) is 0 Å². The summed E-state index contributed by atoms with van der Waals surface area (Å²) >= 11 is 5.79. The summed E-state index contributed by atoms with van der Waals surface area (Å²) in [6.45, 7) is 0. The molecule has 0 spiro atoms. The molecule has 0 aromatic heterocycles. The Bertz CT molecular complexity index is 930. The minimum atomic E-state index is -0.933. The molecule has 12 heteroatoms. The van der Waals surface area contributed by atoms with Gasteiger partial charge in [-0.2, -0.15) is 0 Å². The molecule has 26 heavy (non-hydrogen) atoms. The van der Waals surface area contributed by atoms with Gasteiger partial charge in [0.25, 0.3) is 17.1 Å². The predicted molar refractivity (Wildman–Crippen MR) is 87.2 cm³/mol. The van der Waals surface area contributed by atoms with Gasteiger partial charge in [-0.3, -0.25) is 35.1 Å². The molecular weight excluding hydrogens is 374 g/mol. The zero-order valence-corrected chi connectivity index (χ0v) is 13.4. The molecule has 0 N–H and O–H groups in total. The second kappa shape index (κ2) is 7.53. The van der Waals surface area contributed by atoms with Crippen molar-refractivity contribution in [2.45, 2.75) is 6.42 Å². The van der Waals surface area contributed by atoms with Gasteiger partial charge in [0, 0.05) is 23.8 Å². The quantitative estimate of drug-likeness (QED) is 0.319. The number of carbonyl (C=O) groups excluding carboxylic acids is 1. The molecule has 0 fully saturated rings. The van der Waals surface area contributed by atoms with Crippen LogP contribution in [0.2, 0.25) is 5.02 Å². The van der Waals surface area contributed by atoms with E-state index in [-0.39, 0.29) is 22.0 Å². The van der Waals surface area contributed by atoms with E-state index in [2.05, 4.69) is 0 Å². The van der Waals surface area contributed by atoms with Gasteiger partial charge in [-0.15, -0.1) is 0 Å². The van der Waals surface area contributed by atoms with Crippen molar-refractivity contribution in [3.05, 3.63) is 77.3 Å². The number of non-ortho nitro benzene ring substituents is 2. The molecular formula is C14H8ClN3O8. The molecule has 0 saturated carbocycles. The average molecular weight is 382 g/mol. The van der Waals surface area contributed by atoms with Gasteiger partial charge in [0.15, 0.2) is 0 Å². The van der Waals surface area contributed by atoms with Crippen LogP contribution in [-0.4, -0.2) is 20.7 Å². The Balaban J connectivity index is 2.21. The molecule has 2 aromatic rings. The van der Waals surface area contributed by atoms with Gasteiger partial charge in [-0.05, 0) is 12.1 Å². The number of halogens is 1. The van der Waals surface area contributed by atoms with E-state index >= 15 is 0 Å². The van der Waals surface area contributed by atoms with Crippen LogP contribution < -0.4 is 4.74 Å². The highest BCUT2D eigenvalue weighted by Crippen LogP contribution is 2.30. The summed E-state index contributed by atoms with van der Waals surface area (Å²) in [6, 6.07) is 6.01. The van der Waals surface area contributed by atoms with Crippen molar-refractivity contribution in [2.24, 2.45) is 0 Å². The maximum atomic E-state index is 12.0. The van der Waals surface area contributed by atoms with E-state index in [9.17, 15) is 35.1 Å². The van der Waals surface area contributed by atoms with Crippen molar-refractivity contribution in [3.63, 3.8) is 0 Å². The fourth-order valence-corrected chi connectivity index (χ4v) is 2.20. The molecule has 134 valence electrons. The average Bonchev–Trinajstić information content (AvgIpc) is 2.56. The molecule has 0 atom stereocenters. The number of ether oxygens (including phenoxy) is 1. The number of hydrogen-bond donors (Lipinski definition) is 0. The number of benzene rings is 2. The van der Waals surface area contributed by atoms with Crippen LogP contribution >= 0.6 is 11.6 Å². The zero-order valence-electron chi connectivity index (χ0n) is 12.7. The normalized spacial score (nSPS) is 10.2. The van der Waals surface area contributed by atoms with Gasteiger partial charge in [0.1, 0.15) is 5.75 Å². The van der Waals surface area contributed by atoms with Crippen LogP contribution in [0.1, 0.15) is 5.56 Å². The van der Waals surface area contributed by atoms with Crippen LogP contribution in [0.5, 0.6) is 5.75 Å². The minimum absolute atomic E-state index is 0.0939. The molecule has 2 rings (SSSR count). The number of nitro benzene ring substituents is 3. The standard InChI is InChI=1S/C14H8ClN3O8/c15-11-6-9(16(20)21)3-4-13(11)26-14(19)5-8-1-2-10(17(22)23)7-12(8)18(24)25/h1-4,6-7H,5H2. The summed E-state index contributed by atoms with van der Waals surface area (Å²) in [4.78, 5) is 42.0. The third-order valence-corrected chi connectivity index (χ3v) is 3.46. The molecule has 0 unspecified atom stereocenters. The maximum Gasteiger partial charge on any atom is 0.315 e. The fraction of sp³-hybridized carbons (Fsp3) is 0.0714. The van der Waals surface area contributed by atoms with E-state index in [1.54, 1.807) is 0 Å². The van der Waals surface area contributed by atoms with E-state index < -0.39 is 38.5 Å². The molecule has 0 aliphatic carbocycles. The van der Waals surface area contributed by atoms with Crippen LogP contribution in [0.4, 0.5) is 17.1 Å². The Hall–Kier alpha value is -3.60.